The first kappa shape index (κ1) is 16.0. The average molecular weight is 254 g/mol. The highest BCUT2D eigenvalue weighted by atomic mass is 15.3. The topological polar surface area (TPSA) is 15.3 Å². The van der Waals surface area contributed by atoms with E-state index in [1.165, 1.54) is 19.4 Å². The molecule has 1 saturated heterocycles. The maximum atomic E-state index is 3.85. The summed E-state index contributed by atoms with van der Waals surface area (Å²) in [6.45, 7) is 18.8. The van der Waals surface area contributed by atoms with Crippen LogP contribution >= 0.6 is 0 Å². The molecule has 0 saturated carbocycles. The highest BCUT2D eigenvalue weighted by Crippen LogP contribution is 2.29. The summed E-state index contributed by atoms with van der Waals surface area (Å²) in [5.74, 6) is 1.46. The molecule has 0 aromatic heterocycles. The summed E-state index contributed by atoms with van der Waals surface area (Å²) in [5, 5.41) is 3.85. The maximum absolute atomic E-state index is 3.85. The van der Waals surface area contributed by atoms with Gasteiger partial charge in [0.15, 0.2) is 0 Å². The van der Waals surface area contributed by atoms with Crippen LogP contribution in [0.1, 0.15) is 61.3 Å². The van der Waals surface area contributed by atoms with Crippen molar-refractivity contribution in [1.82, 2.24) is 10.2 Å². The van der Waals surface area contributed by atoms with E-state index in [9.17, 15) is 0 Å². The zero-order chi connectivity index (χ0) is 13.9. The molecule has 0 bridgehead atoms. The van der Waals surface area contributed by atoms with Crippen molar-refractivity contribution in [2.45, 2.75) is 78.9 Å². The molecule has 2 atom stereocenters. The van der Waals surface area contributed by atoms with Gasteiger partial charge in [0, 0.05) is 30.7 Å². The van der Waals surface area contributed by atoms with Crippen molar-refractivity contribution < 1.29 is 0 Å². The third-order valence-corrected chi connectivity index (χ3v) is 5.21. The molecule has 0 aromatic rings. The number of nitrogens with zero attached hydrogens (tertiary/aromatic N) is 1. The number of hydrogen-bond donors (Lipinski definition) is 1. The summed E-state index contributed by atoms with van der Waals surface area (Å²) >= 11 is 0. The molecule has 0 aromatic carbocycles. The van der Waals surface area contributed by atoms with Crippen LogP contribution in [0, 0.1) is 11.8 Å². The fourth-order valence-electron chi connectivity index (χ4n) is 3.13. The summed E-state index contributed by atoms with van der Waals surface area (Å²) in [6, 6.07) is 1.37. The molecule has 1 fully saturated rings. The molecule has 0 radical (unpaired) electrons. The van der Waals surface area contributed by atoms with E-state index in [-0.39, 0.29) is 0 Å². The van der Waals surface area contributed by atoms with Crippen LogP contribution < -0.4 is 5.32 Å². The lowest BCUT2D eigenvalue weighted by Crippen LogP contribution is -2.67. The van der Waals surface area contributed by atoms with E-state index < -0.39 is 0 Å². The summed E-state index contributed by atoms with van der Waals surface area (Å²) in [6.07, 6.45) is 2.46. The van der Waals surface area contributed by atoms with Crippen LogP contribution in [0.2, 0.25) is 0 Å². The molecular weight excluding hydrogens is 220 g/mol. The second-order valence-electron chi connectivity index (χ2n) is 6.84. The Balaban J connectivity index is 2.89. The Kier molecular flexibility index (Phi) is 5.67. The molecule has 1 N–H and O–H groups in total. The molecule has 1 heterocycles. The third-order valence-electron chi connectivity index (χ3n) is 5.21. The Morgan fingerprint density at radius 3 is 2.06 bits per heavy atom. The molecule has 2 unspecified atom stereocenters. The van der Waals surface area contributed by atoms with Gasteiger partial charge >= 0.3 is 0 Å². The van der Waals surface area contributed by atoms with E-state index in [0.717, 1.165) is 18.4 Å². The predicted octanol–water partition coefficient (Wildman–Crippen LogP) is 3.52. The Morgan fingerprint density at radius 1 is 1.11 bits per heavy atom. The standard InChI is InChI=1S/C16H34N2/c1-8-16(9-2)11-18(14(7)12(3)4)15(10-17-16)13(5)6/h12-15,17H,8-11H2,1-7H3. The van der Waals surface area contributed by atoms with Crippen LogP contribution in [0.25, 0.3) is 0 Å². The average Bonchev–Trinajstić information content (AvgIpc) is 2.36. The second-order valence-corrected chi connectivity index (χ2v) is 6.84. The van der Waals surface area contributed by atoms with Crippen LogP contribution in [0.3, 0.4) is 0 Å². The van der Waals surface area contributed by atoms with Crippen molar-refractivity contribution >= 4 is 0 Å². The number of piperazine rings is 1. The van der Waals surface area contributed by atoms with Crippen molar-refractivity contribution in [2.24, 2.45) is 11.8 Å². The zero-order valence-corrected chi connectivity index (χ0v) is 13.6. The second kappa shape index (κ2) is 6.38. The van der Waals surface area contributed by atoms with Crippen molar-refractivity contribution in [3.8, 4) is 0 Å². The van der Waals surface area contributed by atoms with Crippen LogP contribution in [0.15, 0.2) is 0 Å². The molecule has 0 amide bonds. The normalized spacial score (nSPS) is 26.8. The minimum absolute atomic E-state index is 0.342. The predicted molar refractivity (Wildman–Crippen MR) is 80.9 cm³/mol. The highest BCUT2D eigenvalue weighted by Gasteiger charge is 2.39. The lowest BCUT2D eigenvalue weighted by atomic mass is 9.84. The first-order valence-corrected chi connectivity index (χ1v) is 7.87. The summed E-state index contributed by atoms with van der Waals surface area (Å²) < 4.78 is 0. The van der Waals surface area contributed by atoms with Gasteiger partial charge in [0.1, 0.15) is 0 Å². The molecule has 1 aliphatic rings. The molecule has 0 spiro atoms. The van der Waals surface area contributed by atoms with Gasteiger partial charge in [-0.3, -0.25) is 4.90 Å². The molecular formula is C16H34N2. The number of rotatable bonds is 5. The molecule has 18 heavy (non-hydrogen) atoms. The smallest absolute Gasteiger partial charge is 0.0304 e. The molecule has 2 heteroatoms. The van der Waals surface area contributed by atoms with E-state index in [0.29, 0.717) is 17.6 Å². The lowest BCUT2D eigenvalue weighted by Gasteiger charge is -2.52. The van der Waals surface area contributed by atoms with E-state index >= 15 is 0 Å². The monoisotopic (exact) mass is 254 g/mol. The van der Waals surface area contributed by atoms with Gasteiger partial charge in [-0.1, -0.05) is 41.5 Å². The first-order valence-electron chi connectivity index (χ1n) is 7.87. The SMILES string of the molecule is CCC1(CC)CN(C(C)C(C)C)C(C(C)C)CN1. The maximum Gasteiger partial charge on any atom is 0.0304 e. The van der Waals surface area contributed by atoms with Gasteiger partial charge in [-0.2, -0.15) is 0 Å². The van der Waals surface area contributed by atoms with Gasteiger partial charge in [0.25, 0.3) is 0 Å². The van der Waals surface area contributed by atoms with Crippen LogP contribution in [-0.4, -0.2) is 35.6 Å². The fraction of sp³-hybridized carbons (Fsp3) is 1.00. The van der Waals surface area contributed by atoms with Crippen LogP contribution in [0.5, 0.6) is 0 Å². The highest BCUT2D eigenvalue weighted by molar-refractivity contribution is 4.99. The lowest BCUT2D eigenvalue weighted by molar-refractivity contribution is 0.00806. The van der Waals surface area contributed by atoms with E-state index in [2.05, 4.69) is 58.7 Å². The molecule has 1 aliphatic heterocycles. The molecule has 0 aliphatic carbocycles. The first-order chi connectivity index (χ1) is 8.37. The van der Waals surface area contributed by atoms with Crippen LogP contribution in [-0.2, 0) is 0 Å². The Labute approximate surface area is 115 Å². The van der Waals surface area contributed by atoms with E-state index in [1.807, 2.05) is 0 Å². The van der Waals surface area contributed by atoms with Crippen molar-refractivity contribution in [2.75, 3.05) is 13.1 Å². The van der Waals surface area contributed by atoms with Crippen molar-refractivity contribution in [3.63, 3.8) is 0 Å². The summed E-state index contributed by atoms with van der Waals surface area (Å²) in [7, 11) is 0. The van der Waals surface area contributed by atoms with Gasteiger partial charge in [-0.25, -0.2) is 0 Å². The van der Waals surface area contributed by atoms with Gasteiger partial charge in [0.05, 0.1) is 0 Å². The Bertz CT molecular complexity index is 243. The minimum atomic E-state index is 0.342. The van der Waals surface area contributed by atoms with Crippen LogP contribution in [0.4, 0.5) is 0 Å². The molecule has 108 valence electrons. The molecule has 1 rings (SSSR count). The summed E-state index contributed by atoms with van der Waals surface area (Å²) in [5.41, 5.74) is 0.342. The zero-order valence-electron chi connectivity index (χ0n) is 13.6. The van der Waals surface area contributed by atoms with E-state index in [1.54, 1.807) is 0 Å². The summed E-state index contributed by atoms with van der Waals surface area (Å²) in [4.78, 5) is 2.78. The number of hydrogen-bond acceptors (Lipinski definition) is 2. The Hall–Kier alpha value is -0.0800. The quantitative estimate of drug-likeness (QED) is 0.807. The van der Waals surface area contributed by atoms with Crippen molar-refractivity contribution in [3.05, 3.63) is 0 Å². The third kappa shape index (κ3) is 3.27. The van der Waals surface area contributed by atoms with E-state index in [4.69, 9.17) is 0 Å². The van der Waals surface area contributed by atoms with Gasteiger partial charge in [-0.05, 0) is 31.6 Å². The van der Waals surface area contributed by atoms with Gasteiger partial charge in [0.2, 0.25) is 0 Å². The van der Waals surface area contributed by atoms with Crippen molar-refractivity contribution in [1.29, 1.82) is 0 Å². The molecule has 2 nitrogen and oxygen atoms in total. The largest absolute Gasteiger partial charge is 0.308 e. The minimum Gasteiger partial charge on any atom is -0.308 e. The van der Waals surface area contributed by atoms with Gasteiger partial charge < -0.3 is 5.32 Å². The Morgan fingerprint density at radius 2 is 1.67 bits per heavy atom. The fourth-order valence-corrected chi connectivity index (χ4v) is 3.13. The van der Waals surface area contributed by atoms with Gasteiger partial charge in [-0.15, -0.1) is 0 Å². The number of nitrogens with one attached hydrogen (secondary N) is 1.